The van der Waals surface area contributed by atoms with Crippen LogP contribution in [0.1, 0.15) is 41.9 Å². The first-order chi connectivity index (χ1) is 22.6. The van der Waals surface area contributed by atoms with Crippen LogP contribution in [0.3, 0.4) is 0 Å². The smallest absolute Gasteiger partial charge is 0.496 e. The molecule has 1 aliphatic rings. The highest BCUT2D eigenvalue weighted by molar-refractivity contribution is 5.80. The number of rotatable bonds is 11. The fourth-order valence-corrected chi connectivity index (χ4v) is 5.51. The van der Waals surface area contributed by atoms with E-state index in [0.717, 1.165) is 11.1 Å². The summed E-state index contributed by atoms with van der Waals surface area (Å²) in [5.41, 5.74) is 2.63. The second-order valence-corrected chi connectivity index (χ2v) is 10.8. The highest BCUT2D eigenvalue weighted by Gasteiger charge is 2.39. The molecule has 9 nitrogen and oxygen atoms in total. The molecule has 15 heteroatoms. The third-order valence-corrected chi connectivity index (χ3v) is 7.59. The standard InChI is InChI=1S/C31H33F3N2O5.C2HF3O2/c1-40-27-13-12-24(41-31(32,33)34)18-23(27)19-35-26-16-17-36(28(37)14-15-29(38)39)20-25(26)30(21-8-4-2-5-9-21)22-10-6-3-7-11-22;3-2(4,5)1(6)7/h2-13,18,25-26,30,35H,14-17,19-20H2,1H3,(H,38,39);(H,6,7)/t25-,26+;/m0./s1. The molecule has 1 saturated heterocycles. The molecule has 4 rings (SSSR count). The van der Waals surface area contributed by atoms with Gasteiger partial charge in [-0.1, -0.05) is 60.7 Å². The van der Waals surface area contributed by atoms with Crippen LogP contribution in [-0.4, -0.2) is 71.7 Å². The van der Waals surface area contributed by atoms with Crippen molar-refractivity contribution >= 4 is 17.8 Å². The predicted molar refractivity (Wildman–Crippen MR) is 160 cm³/mol. The number of carbonyl (C=O) groups is 3. The van der Waals surface area contributed by atoms with Gasteiger partial charge in [-0.05, 0) is 35.7 Å². The Kier molecular flexibility index (Phi) is 13.2. The molecule has 0 unspecified atom stereocenters. The first-order valence-corrected chi connectivity index (χ1v) is 14.6. The first kappa shape index (κ1) is 37.7. The average molecular weight is 685 g/mol. The Morgan fingerprint density at radius 1 is 0.896 bits per heavy atom. The Bertz CT molecular complexity index is 1460. The van der Waals surface area contributed by atoms with Gasteiger partial charge in [0, 0.05) is 49.5 Å². The van der Waals surface area contributed by atoms with Crippen LogP contribution in [0.15, 0.2) is 78.9 Å². The lowest BCUT2D eigenvalue weighted by Gasteiger charge is -2.43. The van der Waals surface area contributed by atoms with E-state index in [1.54, 1.807) is 4.90 Å². The largest absolute Gasteiger partial charge is 0.573 e. The third-order valence-electron chi connectivity index (χ3n) is 7.59. The molecule has 0 bridgehead atoms. The zero-order chi connectivity index (χ0) is 35.5. The minimum absolute atomic E-state index is 0.0787. The number of likely N-dealkylation sites (tertiary alicyclic amines) is 1. The maximum atomic E-state index is 13.0. The van der Waals surface area contributed by atoms with Crippen molar-refractivity contribution in [2.75, 3.05) is 20.2 Å². The van der Waals surface area contributed by atoms with E-state index in [1.807, 2.05) is 60.7 Å². The number of nitrogens with one attached hydrogen (secondary N) is 1. The molecule has 2 atom stereocenters. The molecule has 0 radical (unpaired) electrons. The summed E-state index contributed by atoms with van der Waals surface area (Å²) in [6.07, 6.45) is -9.65. The van der Waals surface area contributed by atoms with E-state index < -0.39 is 24.5 Å². The SMILES string of the molecule is COc1ccc(OC(F)(F)F)cc1CN[C@@H]1CCN(C(=O)CCC(=O)O)C[C@@H]1C(c1ccccc1)c1ccccc1.O=C(O)C(F)(F)F. The quantitative estimate of drug-likeness (QED) is 0.203. The molecule has 1 heterocycles. The second kappa shape index (κ2) is 16.9. The van der Waals surface area contributed by atoms with Crippen LogP contribution in [0, 0.1) is 5.92 Å². The summed E-state index contributed by atoms with van der Waals surface area (Å²) in [6.45, 7) is 1.03. The Balaban J connectivity index is 0.000000804. The second-order valence-electron chi connectivity index (χ2n) is 10.8. The molecule has 0 saturated carbocycles. The van der Waals surface area contributed by atoms with Crippen LogP contribution in [0.2, 0.25) is 0 Å². The number of benzene rings is 3. The van der Waals surface area contributed by atoms with Gasteiger partial charge in [-0.15, -0.1) is 13.2 Å². The lowest BCUT2D eigenvalue weighted by atomic mass is 9.74. The zero-order valence-electron chi connectivity index (χ0n) is 25.6. The number of hydrogen-bond donors (Lipinski definition) is 3. The van der Waals surface area contributed by atoms with Crippen LogP contribution >= 0.6 is 0 Å². The molecule has 0 aromatic heterocycles. The molecular formula is C33H34F6N2O7. The van der Waals surface area contributed by atoms with Gasteiger partial charge >= 0.3 is 24.5 Å². The van der Waals surface area contributed by atoms with Crippen LogP contribution in [0.5, 0.6) is 11.5 Å². The van der Waals surface area contributed by atoms with Crippen molar-refractivity contribution in [2.24, 2.45) is 5.92 Å². The number of ether oxygens (including phenoxy) is 2. The van der Waals surface area contributed by atoms with Gasteiger partial charge < -0.3 is 29.9 Å². The van der Waals surface area contributed by atoms with Crippen molar-refractivity contribution < 1.29 is 60.4 Å². The first-order valence-electron chi connectivity index (χ1n) is 14.6. The summed E-state index contributed by atoms with van der Waals surface area (Å²) in [5.74, 6) is -4.13. The van der Waals surface area contributed by atoms with Gasteiger partial charge in [-0.25, -0.2) is 4.79 Å². The predicted octanol–water partition coefficient (Wildman–Crippen LogP) is 6.23. The molecule has 1 fully saturated rings. The van der Waals surface area contributed by atoms with Gasteiger partial charge in [0.05, 0.1) is 13.5 Å². The van der Waals surface area contributed by atoms with Gasteiger partial charge in [0.1, 0.15) is 11.5 Å². The number of methoxy groups -OCH3 is 1. The van der Waals surface area contributed by atoms with Crippen LogP contribution < -0.4 is 14.8 Å². The topological polar surface area (TPSA) is 125 Å². The van der Waals surface area contributed by atoms with Gasteiger partial charge in [-0.2, -0.15) is 13.2 Å². The molecule has 3 aromatic rings. The maximum absolute atomic E-state index is 13.0. The summed E-state index contributed by atoms with van der Waals surface area (Å²) in [4.78, 5) is 34.7. The van der Waals surface area contributed by atoms with E-state index >= 15 is 0 Å². The Hall–Kier alpha value is -4.79. The Labute approximate surface area is 272 Å². The third kappa shape index (κ3) is 11.5. The summed E-state index contributed by atoms with van der Waals surface area (Å²) in [6, 6.07) is 23.7. The van der Waals surface area contributed by atoms with E-state index in [0.29, 0.717) is 30.8 Å². The van der Waals surface area contributed by atoms with Crippen molar-refractivity contribution in [3.05, 3.63) is 95.6 Å². The fraction of sp³-hybridized carbons (Fsp3) is 0.364. The summed E-state index contributed by atoms with van der Waals surface area (Å²) >= 11 is 0. The number of hydrogen-bond acceptors (Lipinski definition) is 6. The number of aliphatic carboxylic acids is 2. The Morgan fingerprint density at radius 2 is 1.46 bits per heavy atom. The van der Waals surface area contributed by atoms with Crippen molar-refractivity contribution in [3.63, 3.8) is 0 Å². The number of carbonyl (C=O) groups excluding carboxylic acids is 1. The van der Waals surface area contributed by atoms with Gasteiger partial charge in [0.15, 0.2) is 0 Å². The molecule has 0 aliphatic carbocycles. The van der Waals surface area contributed by atoms with Gasteiger partial charge in [0.25, 0.3) is 0 Å². The lowest BCUT2D eigenvalue weighted by Crippen LogP contribution is -2.53. The van der Waals surface area contributed by atoms with E-state index in [2.05, 4.69) is 10.1 Å². The van der Waals surface area contributed by atoms with Crippen LogP contribution in [-0.2, 0) is 20.9 Å². The molecule has 1 amide bonds. The normalized spacial score (nSPS) is 16.5. The molecule has 1 aliphatic heterocycles. The number of carboxylic acid groups (broad SMARTS) is 2. The molecule has 3 N–H and O–H groups in total. The molecule has 3 aromatic carbocycles. The lowest BCUT2D eigenvalue weighted by molar-refractivity contribution is -0.274. The molecule has 48 heavy (non-hydrogen) atoms. The van der Waals surface area contributed by atoms with Crippen molar-refractivity contribution in [3.8, 4) is 11.5 Å². The van der Waals surface area contributed by atoms with Crippen molar-refractivity contribution in [1.82, 2.24) is 10.2 Å². The zero-order valence-corrected chi connectivity index (χ0v) is 25.6. The highest BCUT2D eigenvalue weighted by Crippen LogP contribution is 2.38. The Morgan fingerprint density at radius 3 is 1.94 bits per heavy atom. The van der Waals surface area contributed by atoms with E-state index in [1.165, 1.54) is 25.3 Å². The number of nitrogens with zero attached hydrogens (tertiary/aromatic N) is 1. The summed E-state index contributed by atoms with van der Waals surface area (Å²) in [7, 11) is 1.45. The number of alkyl halides is 6. The number of carboxylic acids is 2. The van der Waals surface area contributed by atoms with Gasteiger partial charge in [0.2, 0.25) is 5.91 Å². The monoisotopic (exact) mass is 684 g/mol. The number of halogens is 6. The highest BCUT2D eigenvalue weighted by atomic mass is 19.4. The number of amides is 1. The van der Waals surface area contributed by atoms with Crippen LogP contribution in [0.25, 0.3) is 0 Å². The van der Waals surface area contributed by atoms with Gasteiger partial charge in [-0.3, -0.25) is 9.59 Å². The molecular weight excluding hydrogens is 650 g/mol. The van der Waals surface area contributed by atoms with E-state index in [9.17, 15) is 35.9 Å². The van der Waals surface area contributed by atoms with E-state index in [-0.39, 0.29) is 48.9 Å². The fourth-order valence-electron chi connectivity index (χ4n) is 5.51. The van der Waals surface area contributed by atoms with E-state index in [4.69, 9.17) is 19.7 Å². The number of piperidine rings is 1. The minimum Gasteiger partial charge on any atom is -0.496 e. The molecule has 260 valence electrons. The van der Waals surface area contributed by atoms with Crippen LogP contribution in [0.4, 0.5) is 26.3 Å². The average Bonchev–Trinajstić information content (AvgIpc) is 3.03. The summed E-state index contributed by atoms with van der Waals surface area (Å²) in [5, 5.41) is 19.7. The van der Waals surface area contributed by atoms with Crippen molar-refractivity contribution in [1.29, 1.82) is 0 Å². The van der Waals surface area contributed by atoms with Crippen molar-refractivity contribution in [2.45, 2.75) is 50.3 Å². The minimum atomic E-state index is -5.08. The summed E-state index contributed by atoms with van der Waals surface area (Å²) < 4.78 is 79.8. The molecule has 0 spiro atoms. The maximum Gasteiger partial charge on any atom is 0.573 e.